The van der Waals surface area contributed by atoms with Gasteiger partial charge in [-0.25, -0.2) is 9.67 Å². The fourth-order valence-corrected chi connectivity index (χ4v) is 3.69. The topological polar surface area (TPSA) is 55.6 Å². The van der Waals surface area contributed by atoms with Gasteiger partial charge in [-0.15, -0.1) is 0 Å². The lowest BCUT2D eigenvalue weighted by Crippen LogP contribution is -2.07. The summed E-state index contributed by atoms with van der Waals surface area (Å²) in [6.45, 7) is 2.82. The molecule has 1 aromatic carbocycles. The van der Waals surface area contributed by atoms with Crippen LogP contribution in [0.4, 0.5) is 0 Å². The number of hydrogen-bond acceptors (Lipinski definition) is 6. The Balaban J connectivity index is 2.08. The van der Waals surface area contributed by atoms with Gasteiger partial charge in [-0.3, -0.25) is 0 Å². The standard InChI is InChI=1S/C14H15N5S2/c1-10-12(8-15-2)13(20-14-16-9-17-21-14)19(18-10)11-6-4-3-5-7-11/h3-7,9,15H,8H2,1-2H3. The van der Waals surface area contributed by atoms with Crippen molar-refractivity contribution in [1.29, 1.82) is 0 Å². The number of aryl methyl sites for hydroxylation is 1. The van der Waals surface area contributed by atoms with Crippen LogP contribution in [0.15, 0.2) is 46.0 Å². The monoisotopic (exact) mass is 317 g/mol. The first-order valence-electron chi connectivity index (χ1n) is 6.52. The third-order valence-electron chi connectivity index (χ3n) is 3.02. The number of hydrogen-bond donors (Lipinski definition) is 1. The van der Waals surface area contributed by atoms with Crippen molar-refractivity contribution < 1.29 is 0 Å². The molecule has 7 heteroatoms. The predicted molar refractivity (Wildman–Crippen MR) is 85.1 cm³/mol. The molecule has 21 heavy (non-hydrogen) atoms. The molecule has 1 N–H and O–H groups in total. The second-order valence-corrected chi connectivity index (χ2v) is 6.47. The summed E-state index contributed by atoms with van der Waals surface area (Å²) in [5.41, 5.74) is 3.27. The van der Waals surface area contributed by atoms with E-state index >= 15 is 0 Å². The average molecular weight is 317 g/mol. The smallest absolute Gasteiger partial charge is 0.176 e. The average Bonchev–Trinajstić information content (AvgIpc) is 3.12. The van der Waals surface area contributed by atoms with Gasteiger partial charge in [0, 0.05) is 12.1 Å². The minimum Gasteiger partial charge on any atom is -0.316 e. The minimum absolute atomic E-state index is 0.778. The number of nitrogens with zero attached hydrogens (tertiary/aromatic N) is 4. The Morgan fingerprint density at radius 1 is 1.29 bits per heavy atom. The lowest BCUT2D eigenvalue weighted by Gasteiger charge is -2.07. The molecule has 0 aliphatic carbocycles. The van der Waals surface area contributed by atoms with Gasteiger partial charge in [0.15, 0.2) is 4.34 Å². The number of nitrogens with one attached hydrogen (secondary N) is 1. The van der Waals surface area contributed by atoms with E-state index in [0.29, 0.717) is 0 Å². The highest BCUT2D eigenvalue weighted by Crippen LogP contribution is 2.34. The van der Waals surface area contributed by atoms with Gasteiger partial charge < -0.3 is 5.32 Å². The van der Waals surface area contributed by atoms with Crippen molar-refractivity contribution >= 4 is 23.3 Å². The molecule has 0 spiro atoms. The largest absolute Gasteiger partial charge is 0.316 e. The first kappa shape index (κ1) is 14.2. The van der Waals surface area contributed by atoms with E-state index in [1.54, 1.807) is 18.1 Å². The number of aromatic nitrogens is 4. The van der Waals surface area contributed by atoms with Crippen LogP contribution in [0.5, 0.6) is 0 Å². The molecule has 0 saturated heterocycles. The quantitative estimate of drug-likeness (QED) is 0.784. The Kier molecular flexibility index (Phi) is 4.33. The Labute approximate surface area is 131 Å². The van der Waals surface area contributed by atoms with Crippen LogP contribution in [0, 0.1) is 6.92 Å². The number of para-hydroxylation sites is 1. The lowest BCUT2D eigenvalue weighted by molar-refractivity contribution is 0.766. The fraction of sp³-hybridized carbons (Fsp3) is 0.214. The Morgan fingerprint density at radius 2 is 2.10 bits per heavy atom. The van der Waals surface area contributed by atoms with Crippen molar-refractivity contribution in [3.8, 4) is 5.69 Å². The van der Waals surface area contributed by atoms with E-state index in [1.807, 2.05) is 36.9 Å². The zero-order valence-corrected chi connectivity index (χ0v) is 13.4. The molecule has 108 valence electrons. The third kappa shape index (κ3) is 2.99. The summed E-state index contributed by atoms with van der Waals surface area (Å²) in [5, 5.41) is 8.99. The minimum atomic E-state index is 0.778. The first-order chi connectivity index (χ1) is 10.3. The summed E-state index contributed by atoms with van der Waals surface area (Å²) in [6.07, 6.45) is 1.58. The van der Waals surface area contributed by atoms with Crippen LogP contribution in [-0.2, 0) is 6.54 Å². The maximum atomic E-state index is 4.69. The van der Waals surface area contributed by atoms with E-state index in [9.17, 15) is 0 Å². The Morgan fingerprint density at radius 3 is 2.76 bits per heavy atom. The van der Waals surface area contributed by atoms with E-state index in [4.69, 9.17) is 5.10 Å². The first-order valence-corrected chi connectivity index (χ1v) is 8.11. The Hall–Kier alpha value is -1.70. The predicted octanol–water partition coefficient (Wildman–Crippen LogP) is 2.90. The van der Waals surface area contributed by atoms with Crippen LogP contribution in [0.3, 0.4) is 0 Å². The van der Waals surface area contributed by atoms with Crippen molar-refractivity contribution in [2.75, 3.05) is 7.05 Å². The summed E-state index contributed by atoms with van der Waals surface area (Å²) in [4.78, 5) is 4.27. The van der Waals surface area contributed by atoms with Crippen LogP contribution in [0.1, 0.15) is 11.3 Å². The highest BCUT2D eigenvalue weighted by Gasteiger charge is 2.18. The normalized spacial score (nSPS) is 11.0. The van der Waals surface area contributed by atoms with Gasteiger partial charge in [0.2, 0.25) is 0 Å². The fourth-order valence-electron chi connectivity index (χ4n) is 2.06. The van der Waals surface area contributed by atoms with Gasteiger partial charge in [-0.1, -0.05) is 18.2 Å². The van der Waals surface area contributed by atoms with Crippen LogP contribution >= 0.6 is 23.3 Å². The van der Waals surface area contributed by atoms with Gasteiger partial charge >= 0.3 is 0 Å². The molecule has 3 rings (SSSR count). The molecule has 0 unspecified atom stereocenters. The molecule has 5 nitrogen and oxygen atoms in total. The molecule has 2 aromatic heterocycles. The molecule has 0 atom stereocenters. The van der Waals surface area contributed by atoms with E-state index < -0.39 is 0 Å². The second kappa shape index (κ2) is 6.38. The SMILES string of the molecule is CNCc1c(C)nn(-c2ccccc2)c1Sc1ncns1. The molecule has 0 aliphatic heterocycles. The molecular weight excluding hydrogens is 302 g/mol. The third-order valence-corrected chi connectivity index (χ3v) is 4.84. The van der Waals surface area contributed by atoms with Crippen molar-refractivity contribution in [2.24, 2.45) is 0 Å². The maximum Gasteiger partial charge on any atom is 0.176 e. The van der Waals surface area contributed by atoms with Gasteiger partial charge in [0.05, 0.1) is 11.4 Å². The highest BCUT2D eigenvalue weighted by atomic mass is 32.2. The van der Waals surface area contributed by atoms with E-state index in [-0.39, 0.29) is 0 Å². The van der Waals surface area contributed by atoms with Gasteiger partial charge in [0.1, 0.15) is 11.4 Å². The van der Waals surface area contributed by atoms with Crippen molar-refractivity contribution in [2.45, 2.75) is 22.8 Å². The van der Waals surface area contributed by atoms with E-state index in [1.165, 1.54) is 17.1 Å². The summed E-state index contributed by atoms with van der Waals surface area (Å²) in [7, 11) is 1.94. The lowest BCUT2D eigenvalue weighted by atomic mass is 10.2. The van der Waals surface area contributed by atoms with Crippen molar-refractivity contribution in [1.82, 2.24) is 24.5 Å². The van der Waals surface area contributed by atoms with Gasteiger partial charge in [0.25, 0.3) is 0 Å². The van der Waals surface area contributed by atoms with Crippen LogP contribution in [0.25, 0.3) is 5.69 Å². The zero-order chi connectivity index (χ0) is 14.7. The second-order valence-electron chi connectivity index (χ2n) is 4.46. The number of rotatable bonds is 5. The van der Waals surface area contributed by atoms with Crippen molar-refractivity contribution in [3.05, 3.63) is 47.9 Å². The molecule has 0 fully saturated rings. The van der Waals surface area contributed by atoms with Gasteiger partial charge in [-0.2, -0.15) is 9.47 Å². The van der Waals surface area contributed by atoms with E-state index in [2.05, 4.69) is 26.8 Å². The van der Waals surface area contributed by atoms with Crippen LogP contribution in [-0.4, -0.2) is 26.2 Å². The van der Waals surface area contributed by atoms with Gasteiger partial charge in [-0.05, 0) is 49.4 Å². The summed E-state index contributed by atoms with van der Waals surface area (Å²) in [5.74, 6) is 0. The molecule has 0 bridgehead atoms. The molecule has 0 radical (unpaired) electrons. The molecule has 3 aromatic rings. The van der Waals surface area contributed by atoms with Crippen LogP contribution in [0.2, 0.25) is 0 Å². The molecule has 0 amide bonds. The zero-order valence-electron chi connectivity index (χ0n) is 11.8. The summed E-state index contributed by atoms with van der Waals surface area (Å²) >= 11 is 3.01. The van der Waals surface area contributed by atoms with Crippen molar-refractivity contribution in [3.63, 3.8) is 0 Å². The highest BCUT2D eigenvalue weighted by molar-refractivity contribution is 8.01. The summed E-state index contributed by atoms with van der Waals surface area (Å²) in [6, 6.07) is 10.2. The molecule has 0 saturated carbocycles. The summed E-state index contributed by atoms with van der Waals surface area (Å²) < 4.78 is 6.97. The molecule has 2 heterocycles. The molecular formula is C14H15N5S2. The Bertz CT molecular complexity index is 707. The van der Waals surface area contributed by atoms with E-state index in [0.717, 1.165) is 27.3 Å². The van der Waals surface area contributed by atoms with Crippen LogP contribution < -0.4 is 5.32 Å². The maximum absolute atomic E-state index is 4.69. The number of benzene rings is 1. The molecule has 0 aliphatic rings.